The van der Waals surface area contributed by atoms with Gasteiger partial charge < -0.3 is 50.3 Å². The van der Waals surface area contributed by atoms with Gasteiger partial charge in [-0.3, -0.25) is 0 Å². The van der Waals surface area contributed by atoms with Crippen LogP contribution in [0, 0.1) is 0 Å². The predicted molar refractivity (Wildman–Crippen MR) is 67.2 cm³/mol. The van der Waals surface area contributed by atoms with Crippen LogP contribution in [-0.4, -0.2) is 115 Å². The van der Waals surface area contributed by atoms with Crippen LogP contribution in [0.2, 0.25) is 0 Å². The van der Waals surface area contributed by atoms with E-state index < -0.39 is 73.9 Å². The monoisotopic (exact) mass is 341 g/mol. The highest BCUT2D eigenvalue weighted by Crippen LogP contribution is 2.37. The Kier molecular flexibility index (Phi) is 5.60. The molecular formula is C12H21O11. The molecule has 0 amide bonds. The molecule has 11 nitrogen and oxygen atoms in total. The van der Waals surface area contributed by atoms with Crippen LogP contribution in [-0.2, 0) is 14.6 Å². The first-order valence-electron chi connectivity index (χ1n) is 7.02. The molecule has 2 heterocycles. The molecule has 2 rings (SSSR count). The smallest absolute Gasteiger partial charge is 0.260 e. The zero-order valence-corrected chi connectivity index (χ0v) is 11.9. The van der Waals surface area contributed by atoms with Crippen LogP contribution in [0.3, 0.4) is 0 Å². The normalized spacial score (nSPS) is 54.9. The largest absolute Gasteiger partial charge is 0.394 e. The van der Waals surface area contributed by atoms with Gasteiger partial charge in [-0.1, -0.05) is 0 Å². The molecule has 10 atom stereocenters. The Labute approximate surface area is 130 Å². The molecule has 0 aromatic rings. The summed E-state index contributed by atoms with van der Waals surface area (Å²) in [5.41, 5.74) is 0. The van der Waals surface area contributed by atoms with Crippen LogP contribution in [0.5, 0.6) is 0 Å². The second-order valence-electron chi connectivity index (χ2n) is 5.74. The van der Waals surface area contributed by atoms with Gasteiger partial charge in [-0.05, 0) is 0 Å². The number of hydrogen-bond donors (Lipinski definition) is 8. The summed E-state index contributed by atoms with van der Waals surface area (Å²) in [4.78, 5) is 0. The lowest BCUT2D eigenvalue weighted by Gasteiger charge is -2.51. The van der Waals surface area contributed by atoms with E-state index in [0.29, 0.717) is 0 Å². The van der Waals surface area contributed by atoms with Crippen molar-refractivity contribution < 1.29 is 55.4 Å². The van der Waals surface area contributed by atoms with E-state index in [0.717, 1.165) is 0 Å². The lowest BCUT2D eigenvalue weighted by Crippen LogP contribution is -2.74. The van der Waals surface area contributed by atoms with Crippen molar-refractivity contribution in [2.75, 3.05) is 13.2 Å². The van der Waals surface area contributed by atoms with Gasteiger partial charge in [-0.2, -0.15) is 5.11 Å². The number of ether oxygens (including phenoxy) is 2. The second-order valence-corrected chi connectivity index (χ2v) is 5.74. The number of aliphatic hydroxyl groups is 8. The van der Waals surface area contributed by atoms with Gasteiger partial charge in [-0.15, -0.1) is 0 Å². The fourth-order valence-corrected chi connectivity index (χ4v) is 2.84. The minimum absolute atomic E-state index is 0.803. The Balaban J connectivity index is 2.33. The first-order valence-corrected chi connectivity index (χ1v) is 7.02. The molecule has 2 aliphatic heterocycles. The molecule has 135 valence electrons. The van der Waals surface area contributed by atoms with Gasteiger partial charge in [0.1, 0.15) is 54.9 Å². The quantitative estimate of drug-likeness (QED) is 0.245. The maximum absolute atomic E-state index is 12.8. The van der Waals surface area contributed by atoms with Gasteiger partial charge in [0.15, 0.2) is 0 Å². The van der Waals surface area contributed by atoms with Gasteiger partial charge in [0.2, 0.25) is 0 Å². The molecule has 2 fully saturated rings. The highest BCUT2D eigenvalue weighted by atomic mass is 16.7. The van der Waals surface area contributed by atoms with Crippen molar-refractivity contribution in [1.29, 1.82) is 0 Å². The van der Waals surface area contributed by atoms with E-state index in [2.05, 4.69) is 0 Å². The zero-order valence-electron chi connectivity index (χ0n) is 11.9. The second kappa shape index (κ2) is 6.82. The van der Waals surface area contributed by atoms with Gasteiger partial charge in [0, 0.05) is 0 Å². The maximum Gasteiger partial charge on any atom is 0.260 e. The summed E-state index contributed by atoms with van der Waals surface area (Å²) in [6.07, 6.45) is -16.7. The molecule has 0 bridgehead atoms. The van der Waals surface area contributed by atoms with Gasteiger partial charge >= 0.3 is 0 Å². The van der Waals surface area contributed by atoms with Crippen molar-refractivity contribution in [2.45, 2.75) is 60.7 Å². The van der Waals surface area contributed by atoms with Crippen molar-refractivity contribution in [3.63, 3.8) is 0 Å². The number of rotatable bonds is 3. The number of aliphatic hydroxyl groups excluding tert-OH is 8. The van der Waals surface area contributed by atoms with Gasteiger partial charge in [0.05, 0.1) is 13.2 Å². The van der Waals surface area contributed by atoms with Crippen molar-refractivity contribution in [2.24, 2.45) is 0 Å². The third kappa shape index (κ3) is 2.99. The van der Waals surface area contributed by atoms with Crippen molar-refractivity contribution in [3.05, 3.63) is 0 Å². The summed E-state index contributed by atoms with van der Waals surface area (Å²) in [6, 6.07) is 0. The predicted octanol–water partition coefficient (Wildman–Crippen LogP) is -5.57. The summed E-state index contributed by atoms with van der Waals surface area (Å²) in [5.74, 6) is -3.07. The van der Waals surface area contributed by atoms with Crippen LogP contribution < -0.4 is 0 Å². The SMILES string of the molecule is [O]C1(C2O[C@H](CO)[C@@H](O)[C@H](O)[C@H]2O)O[C@H](CO)[C@H](O)[C@H](O)[C@H]1O. The van der Waals surface area contributed by atoms with Crippen molar-refractivity contribution >= 4 is 0 Å². The summed E-state index contributed by atoms with van der Waals surface area (Å²) in [6.45, 7) is -1.67. The Morgan fingerprint density at radius 1 is 0.739 bits per heavy atom. The van der Waals surface area contributed by atoms with E-state index in [-0.39, 0.29) is 0 Å². The lowest BCUT2D eigenvalue weighted by atomic mass is 9.83. The van der Waals surface area contributed by atoms with Crippen LogP contribution in [0.15, 0.2) is 0 Å². The average Bonchev–Trinajstić information content (AvgIpc) is 2.54. The minimum Gasteiger partial charge on any atom is -0.394 e. The molecule has 8 N–H and O–H groups in total. The molecule has 2 saturated heterocycles. The molecule has 11 heteroatoms. The van der Waals surface area contributed by atoms with Crippen LogP contribution in [0.25, 0.3) is 0 Å². The molecule has 0 aliphatic carbocycles. The Morgan fingerprint density at radius 2 is 1.26 bits per heavy atom. The maximum atomic E-state index is 12.8. The molecule has 2 aliphatic rings. The van der Waals surface area contributed by atoms with Crippen LogP contribution >= 0.6 is 0 Å². The first kappa shape index (κ1) is 18.9. The fraction of sp³-hybridized carbons (Fsp3) is 1.00. The standard InChI is InChI=1S/C12H21O11/c13-1-3-5(15)7(17)9(19)11(22-3)12(21)10(20)8(18)6(16)4(2-14)23-12/h3-11,13-20H,1-2H2/t3-,4-,5-,6+,7+,8+,9-,10-,11?,12?/m1/s1. The van der Waals surface area contributed by atoms with Crippen LogP contribution in [0.4, 0.5) is 0 Å². The lowest BCUT2D eigenvalue weighted by molar-refractivity contribution is -0.423. The first-order chi connectivity index (χ1) is 10.7. The molecule has 0 saturated carbocycles. The topological polar surface area (TPSA) is 200 Å². The molecule has 2 unspecified atom stereocenters. The van der Waals surface area contributed by atoms with E-state index >= 15 is 0 Å². The molecule has 1 radical (unpaired) electrons. The van der Waals surface area contributed by atoms with Gasteiger partial charge in [0.25, 0.3) is 5.79 Å². The highest BCUT2D eigenvalue weighted by molar-refractivity contribution is 5.05. The summed E-state index contributed by atoms with van der Waals surface area (Å²) >= 11 is 0. The molecular weight excluding hydrogens is 320 g/mol. The third-order valence-corrected chi connectivity index (χ3v) is 4.27. The Bertz CT molecular complexity index is 404. The van der Waals surface area contributed by atoms with E-state index in [4.69, 9.17) is 19.7 Å². The molecule has 0 aromatic carbocycles. The summed E-state index contributed by atoms with van der Waals surface area (Å²) in [7, 11) is 0. The minimum atomic E-state index is -3.07. The average molecular weight is 341 g/mol. The van der Waals surface area contributed by atoms with Crippen molar-refractivity contribution in [3.8, 4) is 0 Å². The Hall–Kier alpha value is -0.440. The molecule has 0 spiro atoms. The summed E-state index contributed by atoms with van der Waals surface area (Å²) in [5, 5.41) is 89.7. The van der Waals surface area contributed by atoms with Crippen molar-refractivity contribution in [1.82, 2.24) is 0 Å². The number of hydrogen-bond acceptors (Lipinski definition) is 10. The fourth-order valence-electron chi connectivity index (χ4n) is 2.84. The molecule has 0 aromatic heterocycles. The third-order valence-electron chi connectivity index (χ3n) is 4.27. The highest BCUT2D eigenvalue weighted by Gasteiger charge is 2.63. The van der Waals surface area contributed by atoms with E-state index in [1.54, 1.807) is 0 Å². The van der Waals surface area contributed by atoms with Crippen LogP contribution in [0.1, 0.15) is 0 Å². The van der Waals surface area contributed by atoms with E-state index in [9.17, 15) is 35.7 Å². The van der Waals surface area contributed by atoms with E-state index in [1.807, 2.05) is 0 Å². The zero-order chi connectivity index (χ0) is 17.5. The van der Waals surface area contributed by atoms with E-state index in [1.165, 1.54) is 0 Å². The Morgan fingerprint density at radius 3 is 1.78 bits per heavy atom. The van der Waals surface area contributed by atoms with Gasteiger partial charge in [-0.25, -0.2) is 0 Å². The molecule has 23 heavy (non-hydrogen) atoms. The summed E-state index contributed by atoms with van der Waals surface area (Å²) < 4.78 is 9.92.